The maximum Gasteiger partial charge on any atom is 0.335 e. The molecule has 0 unspecified atom stereocenters. The van der Waals surface area contributed by atoms with Gasteiger partial charge in [0.05, 0.1) is 15.7 Å². The summed E-state index contributed by atoms with van der Waals surface area (Å²) < 4.78 is 0.236. The van der Waals surface area contributed by atoms with Crippen molar-refractivity contribution in [2.75, 3.05) is 0 Å². The molecule has 5 nitrogen and oxygen atoms in total. The smallest absolute Gasteiger partial charge is 0.335 e. The zero-order chi connectivity index (χ0) is 11.6. The highest BCUT2D eigenvalue weighted by Crippen LogP contribution is 2.30. The van der Waals surface area contributed by atoms with Crippen LogP contribution in [0, 0.1) is 0 Å². The molecule has 0 amide bonds. The van der Waals surface area contributed by atoms with Crippen LogP contribution in [-0.2, 0) is 0 Å². The number of phenolic OH excluding ortho intramolecular Hbond substituents is 1. The van der Waals surface area contributed by atoms with Crippen LogP contribution in [0.2, 0.25) is 0 Å². The first-order chi connectivity index (χ1) is 6.97. The Labute approximate surface area is 93.8 Å². The molecule has 15 heavy (non-hydrogen) atoms. The molecule has 0 heterocycles. The van der Waals surface area contributed by atoms with Gasteiger partial charge in [-0.25, -0.2) is 4.79 Å². The molecule has 1 aromatic carbocycles. The number of carboxylic acids is 1. The van der Waals surface area contributed by atoms with Crippen LogP contribution in [0.25, 0.3) is 0 Å². The molecule has 0 atom stereocenters. The highest BCUT2D eigenvalue weighted by atomic mass is 79.9. The number of aromatic hydroxyl groups is 1. The summed E-state index contributed by atoms with van der Waals surface area (Å²) in [6.07, 6.45) is 0. The number of carboxylic acid groups (broad SMARTS) is 1. The van der Waals surface area contributed by atoms with Crippen molar-refractivity contribution in [2.24, 2.45) is 5.16 Å². The number of benzene rings is 1. The van der Waals surface area contributed by atoms with Gasteiger partial charge >= 0.3 is 5.97 Å². The summed E-state index contributed by atoms with van der Waals surface area (Å²) in [5, 5.41) is 29.8. The molecule has 0 saturated carbocycles. The molecule has 0 spiro atoms. The fraction of sp³-hybridized carbons (Fsp3) is 0.111. The monoisotopic (exact) mass is 273 g/mol. The van der Waals surface area contributed by atoms with Gasteiger partial charge in [-0.15, -0.1) is 0 Å². The van der Waals surface area contributed by atoms with Crippen molar-refractivity contribution < 1.29 is 20.2 Å². The number of halogens is 1. The Balaban J connectivity index is 3.44. The second-order valence-electron chi connectivity index (χ2n) is 2.84. The fourth-order valence-corrected chi connectivity index (χ4v) is 1.51. The normalized spacial score (nSPS) is 11.5. The van der Waals surface area contributed by atoms with Crippen molar-refractivity contribution in [2.45, 2.75) is 6.92 Å². The van der Waals surface area contributed by atoms with E-state index in [2.05, 4.69) is 21.1 Å². The second kappa shape index (κ2) is 4.31. The van der Waals surface area contributed by atoms with Crippen LogP contribution in [0.1, 0.15) is 22.8 Å². The highest BCUT2D eigenvalue weighted by Gasteiger charge is 2.14. The number of oxime groups is 1. The Bertz CT molecular complexity index is 442. The van der Waals surface area contributed by atoms with Gasteiger partial charge in [0.2, 0.25) is 0 Å². The Morgan fingerprint density at radius 3 is 2.53 bits per heavy atom. The van der Waals surface area contributed by atoms with E-state index < -0.39 is 5.97 Å². The molecular formula is C9H8BrNO4. The van der Waals surface area contributed by atoms with Gasteiger partial charge in [0.15, 0.2) is 0 Å². The molecule has 0 radical (unpaired) electrons. The molecule has 0 aliphatic carbocycles. The van der Waals surface area contributed by atoms with Gasteiger partial charge in [0.25, 0.3) is 0 Å². The first-order valence-corrected chi connectivity index (χ1v) is 4.71. The van der Waals surface area contributed by atoms with Crippen molar-refractivity contribution >= 4 is 27.6 Å². The van der Waals surface area contributed by atoms with E-state index in [0.29, 0.717) is 0 Å². The third kappa shape index (κ3) is 2.27. The minimum atomic E-state index is -1.12. The summed E-state index contributed by atoms with van der Waals surface area (Å²) in [4.78, 5) is 10.7. The summed E-state index contributed by atoms with van der Waals surface area (Å²) in [6.45, 7) is 1.45. The summed E-state index contributed by atoms with van der Waals surface area (Å²) >= 11 is 3.01. The molecule has 0 bridgehead atoms. The van der Waals surface area contributed by atoms with E-state index >= 15 is 0 Å². The minimum absolute atomic E-state index is 0.00215. The number of phenols is 1. The zero-order valence-corrected chi connectivity index (χ0v) is 9.32. The molecule has 1 aromatic rings. The van der Waals surface area contributed by atoms with E-state index in [4.69, 9.17) is 10.3 Å². The van der Waals surface area contributed by atoms with Gasteiger partial charge in [0.1, 0.15) is 5.75 Å². The van der Waals surface area contributed by atoms with Gasteiger partial charge in [-0.3, -0.25) is 0 Å². The van der Waals surface area contributed by atoms with Crippen LogP contribution in [0.5, 0.6) is 5.75 Å². The topological polar surface area (TPSA) is 90.1 Å². The lowest BCUT2D eigenvalue weighted by atomic mass is 10.1. The van der Waals surface area contributed by atoms with Gasteiger partial charge in [-0.2, -0.15) is 0 Å². The van der Waals surface area contributed by atoms with E-state index in [-0.39, 0.29) is 27.1 Å². The quantitative estimate of drug-likeness (QED) is 0.437. The van der Waals surface area contributed by atoms with E-state index in [1.54, 1.807) is 0 Å². The predicted octanol–water partition coefficient (Wildman–Crippen LogP) is 2.05. The van der Waals surface area contributed by atoms with Crippen LogP contribution in [0.4, 0.5) is 0 Å². The molecule has 0 aliphatic heterocycles. The summed E-state index contributed by atoms with van der Waals surface area (Å²) in [7, 11) is 0. The standard InChI is InChI=1S/C9H8BrNO4/c1-4(11-15)6-2-5(9(13)14)3-7(10)8(6)12/h2-3,12,15H,1H3,(H,13,14)/b11-4-. The number of rotatable bonds is 2. The minimum Gasteiger partial charge on any atom is -0.506 e. The predicted molar refractivity (Wildman–Crippen MR) is 56.8 cm³/mol. The van der Waals surface area contributed by atoms with Crippen molar-refractivity contribution in [3.63, 3.8) is 0 Å². The summed E-state index contributed by atoms with van der Waals surface area (Å²) in [6, 6.07) is 2.50. The van der Waals surface area contributed by atoms with Crippen molar-refractivity contribution in [3.05, 3.63) is 27.7 Å². The lowest BCUT2D eigenvalue weighted by Gasteiger charge is -2.06. The number of nitrogens with zero attached hydrogens (tertiary/aromatic N) is 1. The number of hydrogen-bond acceptors (Lipinski definition) is 4. The lowest BCUT2D eigenvalue weighted by molar-refractivity contribution is 0.0697. The molecule has 0 saturated heterocycles. The number of carbonyl (C=O) groups is 1. The van der Waals surface area contributed by atoms with E-state index in [1.165, 1.54) is 19.1 Å². The SMILES string of the molecule is C/C(=N/O)c1cc(C(=O)O)cc(Br)c1O. The van der Waals surface area contributed by atoms with Gasteiger partial charge in [-0.05, 0) is 35.0 Å². The second-order valence-corrected chi connectivity index (χ2v) is 3.70. The average Bonchev–Trinajstić information content (AvgIpc) is 2.20. The Hall–Kier alpha value is -1.56. The molecule has 80 valence electrons. The van der Waals surface area contributed by atoms with Gasteiger partial charge in [0, 0.05) is 5.56 Å². The largest absolute Gasteiger partial charge is 0.506 e. The molecule has 3 N–H and O–H groups in total. The van der Waals surface area contributed by atoms with Gasteiger partial charge in [-0.1, -0.05) is 5.16 Å². The Morgan fingerprint density at radius 2 is 2.07 bits per heavy atom. The molecular weight excluding hydrogens is 266 g/mol. The van der Waals surface area contributed by atoms with E-state index in [0.717, 1.165) is 0 Å². The maximum absolute atomic E-state index is 10.7. The van der Waals surface area contributed by atoms with Crippen LogP contribution >= 0.6 is 15.9 Å². The van der Waals surface area contributed by atoms with Crippen LogP contribution < -0.4 is 0 Å². The molecule has 0 aliphatic rings. The van der Waals surface area contributed by atoms with E-state index in [9.17, 15) is 9.90 Å². The molecule has 0 aromatic heterocycles. The van der Waals surface area contributed by atoms with Gasteiger partial charge < -0.3 is 15.4 Å². The number of hydrogen-bond donors (Lipinski definition) is 3. The van der Waals surface area contributed by atoms with Crippen molar-refractivity contribution in [1.82, 2.24) is 0 Å². The highest BCUT2D eigenvalue weighted by molar-refractivity contribution is 9.10. The number of aromatic carboxylic acids is 1. The first kappa shape index (κ1) is 11.5. The van der Waals surface area contributed by atoms with Crippen LogP contribution in [0.3, 0.4) is 0 Å². The maximum atomic E-state index is 10.7. The summed E-state index contributed by atoms with van der Waals surface area (Å²) in [5.74, 6) is -1.28. The van der Waals surface area contributed by atoms with Crippen LogP contribution in [0.15, 0.2) is 21.8 Å². The average molecular weight is 274 g/mol. The Morgan fingerprint density at radius 1 is 1.47 bits per heavy atom. The lowest BCUT2D eigenvalue weighted by Crippen LogP contribution is -2.02. The van der Waals surface area contributed by atoms with Crippen LogP contribution in [-0.4, -0.2) is 27.1 Å². The molecule has 1 rings (SSSR count). The summed E-state index contributed by atoms with van der Waals surface area (Å²) in [5.41, 5.74) is 0.304. The molecule has 0 fully saturated rings. The first-order valence-electron chi connectivity index (χ1n) is 3.92. The fourth-order valence-electron chi connectivity index (χ4n) is 1.05. The third-order valence-corrected chi connectivity index (χ3v) is 2.45. The van der Waals surface area contributed by atoms with Crippen molar-refractivity contribution in [3.8, 4) is 5.75 Å². The molecule has 6 heteroatoms. The van der Waals surface area contributed by atoms with Crippen molar-refractivity contribution in [1.29, 1.82) is 0 Å². The third-order valence-electron chi connectivity index (χ3n) is 1.85. The van der Waals surface area contributed by atoms with E-state index in [1.807, 2.05) is 0 Å². The zero-order valence-electron chi connectivity index (χ0n) is 7.73. The Kier molecular flexibility index (Phi) is 3.31.